The van der Waals surface area contributed by atoms with E-state index in [1.54, 1.807) is 29.2 Å². The lowest BCUT2D eigenvalue weighted by Crippen LogP contribution is -2.30. The molecule has 0 heterocycles. The van der Waals surface area contributed by atoms with Gasteiger partial charge in [-0.15, -0.1) is 13.2 Å². The topological polar surface area (TPSA) is 84.9 Å². The first-order valence-electron chi connectivity index (χ1n) is 10.0. The molecule has 0 aliphatic carbocycles. The highest BCUT2D eigenvalue weighted by molar-refractivity contribution is 5.97. The van der Waals surface area contributed by atoms with Gasteiger partial charge in [-0.3, -0.25) is 9.59 Å². The standard InChI is InChI=1S/C23H23F3N2O5/c1-3-28(4-2)22(31)17-8-10-18(11-9-17)27-20(29)15-32-21(30)14-7-16-5-12-19(13-6-16)33-23(24,25)26/h5-14H,3-4,15H2,1-2H3,(H,27,29)/b14-7+. The molecule has 2 aromatic rings. The number of ether oxygens (including phenoxy) is 2. The predicted octanol–water partition coefficient (Wildman–Crippen LogP) is 4.26. The molecule has 7 nitrogen and oxygen atoms in total. The lowest BCUT2D eigenvalue weighted by atomic mass is 10.2. The first-order valence-corrected chi connectivity index (χ1v) is 10.0. The number of amides is 2. The number of carbonyl (C=O) groups excluding carboxylic acids is 3. The molecular formula is C23H23F3N2O5. The van der Waals surface area contributed by atoms with Gasteiger partial charge in [0.25, 0.3) is 11.8 Å². The van der Waals surface area contributed by atoms with Crippen molar-refractivity contribution in [3.63, 3.8) is 0 Å². The van der Waals surface area contributed by atoms with Gasteiger partial charge in [-0.05, 0) is 61.9 Å². The summed E-state index contributed by atoms with van der Waals surface area (Å²) in [5.74, 6) is -1.88. The zero-order chi connectivity index (χ0) is 24.4. The minimum atomic E-state index is -4.79. The van der Waals surface area contributed by atoms with E-state index in [1.807, 2.05) is 13.8 Å². The van der Waals surface area contributed by atoms with Crippen molar-refractivity contribution >= 4 is 29.5 Å². The molecule has 33 heavy (non-hydrogen) atoms. The summed E-state index contributed by atoms with van der Waals surface area (Å²) in [6.45, 7) is 4.41. The maximum atomic E-state index is 12.3. The van der Waals surface area contributed by atoms with Crippen molar-refractivity contribution < 1.29 is 37.0 Å². The molecule has 0 fully saturated rings. The van der Waals surface area contributed by atoms with Crippen molar-refractivity contribution in [3.8, 4) is 5.75 Å². The fourth-order valence-electron chi connectivity index (χ4n) is 2.72. The van der Waals surface area contributed by atoms with Crippen LogP contribution in [-0.2, 0) is 14.3 Å². The Hall–Kier alpha value is -3.82. The summed E-state index contributed by atoms with van der Waals surface area (Å²) >= 11 is 0. The van der Waals surface area contributed by atoms with Crippen LogP contribution in [0.1, 0.15) is 29.8 Å². The van der Waals surface area contributed by atoms with Crippen LogP contribution in [0.15, 0.2) is 54.6 Å². The number of nitrogens with one attached hydrogen (secondary N) is 1. The molecule has 0 aliphatic heterocycles. The largest absolute Gasteiger partial charge is 0.573 e. The number of hydrogen-bond donors (Lipinski definition) is 1. The number of alkyl halides is 3. The Labute approximate surface area is 188 Å². The number of benzene rings is 2. The maximum Gasteiger partial charge on any atom is 0.573 e. The van der Waals surface area contributed by atoms with E-state index >= 15 is 0 Å². The molecule has 0 atom stereocenters. The summed E-state index contributed by atoms with van der Waals surface area (Å²) in [6.07, 6.45) is -2.42. The van der Waals surface area contributed by atoms with Crippen LogP contribution in [-0.4, -0.2) is 48.7 Å². The maximum absolute atomic E-state index is 12.3. The van der Waals surface area contributed by atoms with Gasteiger partial charge in [-0.1, -0.05) is 12.1 Å². The van der Waals surface area contributed by atoms with Gasteiger partial charge in [0, 0.05) is 30.4 Å². The van der Waals surface area contributed by atoms with Crippen LogP contribution in [0.4, 0.5) is 18.9 Å². The Morgan fingerprint density at radius 1 is 0.970 bits per heavy atom. The molecule has 0 bridgehead atoms. The highest BCUT2D eigenvalue weighted by Crippen LogP contribution is 2.23. The monoisotopic (exact) mass is 464 g/mol. The highest BCUT2D eigenvalue weighted by atomic mass is 19.4. The van der Waals surface area contributed by atoms with E-state index in [2.05, 4.69) is 10.1 Å². The molecule has 0 radical (unpaired) electrons. The minimum absolute atomic E-state index is 0.110. The number of nitrogens with zero attached hydrogens (tertiary/aromatic N) is 1. The van der Waals surface area contributed by atoms with Gasteiger partial charge in [0.05, 0.1) is 0 Å². The molecule has 0 unspecified atom stereocenters. The minimum Gasteiger partial charge on any atom is -0.452 e. The Morgan fingerprint density at radius 2 is 1.58 bits per heavy atom. The average Bonchev–Trinajstić information content (AvgIpc) is 2.77. The fraction of sp³-hybridized carbons (Fsp3) is 0.261. The van der Waals surface area contributed by atoms with Crippen molar-refractivity contribution in [1.82, 2.24) is 4.90 Å². The number of carbonyl (C=O) groups is 3. The van der Waals surface area contributed by atoms with Gasteiger partial charge < -0.3 is 19.7 Å². The van der Waals surface area contributed by atoms with E-state index in [0.717, 1.165) is 18.2 Å². The first-order chi connectivity index (χ1) is 15.6. The van der Waals surface area contributed by atoms with Crippen molar-refractivity contribution in [2.24, 2.45) is 0 Å². The fourth-order valence-corrected chi connectivity index (χ4v) is 2.72. The molecule has 2 aromatic carbocycles. The third-order valence-electron chi connectivity index (χ3n) is 4.34. The van der Waals surface area contributed by atoms with Crippen LogP contribution in [0.5, 0.6) is 5.75 Å². The zero-order valence-corrected chi connectivity index (χ0v) is 18.0. The summed E-state index contributed by atoms with van der Waals surface area (Å²) in [7, 11) is 0. The highest BCUT2D eigenvalue weighted by Gasteiger charge is 2.30. The molecular weight excluding hydrogens is 441 g/mol. The number of halogens is 3. The molecule has 1 N–H and O–H groups in total. The number of hydrogen-bond acceptors (Lipinski definition) is 5. The Kier molecular flexibility index (Phi) is 9.02. The molecule has 0 saturated carbocycles. The lowest BCUT2D eigenvalue weighted by Gasteiger charge is -2.18. The normalized spacial score (nSPS) is 11.2. The van der Waals surface area contributed by atoms with Crippen LogP contribution in [0, 0.1) is 0 Å². The van der Waals surface area contributed by atoms with Gasteiger partial charge in [0.1, 0.15) is 5.75 Å². The summed E-state index contributed by atoms with van der Waals surface area (Å²) in [4.78, 5) is 37.7. The second-order valence-corrected chi connectivity index (χ2v) is 6.66. The van der Waals surface area contributed by atoms with Crippen molar-refractivity contribution in [3.05, 3.63) is 65.7 Å². The van der Waals surface area contributed by atoms with Crippen LogP contribution >= 0.6 is 0 Å². The van der Waals surface area contributed by atoms with Gasteiger partial charge in [0.15, 0.2) is 6.61 Å². The van der Waals surface area contributed by atoms with Crippen LogP contribution in [0.2, 0.25) is 0 Å². The quantitative estimate of drug-likeness (QED) is 0.443. The summed E-state index contributed by atoms with van der Waals surface area (Å²) in [6, 6.07) is 11.2. The molecule has 176 valence electrons. The van der Waals surface area contributed by atoms with E-state index in [-0.39, 0.29) is 11.7 Å². The Morgan fingerprint density at radius 3 is 2.12 bits per heavy atom. The molecule has 0 spiro atoms. The average molecular weight is 464 g/mol. The van der Waals surface area contributed by atoms with E-state index in [4.69, 9.17) is 4.74 Å². The van der Waals surface area contributed by atoms with Gasteiger partial charge in [-0.25, -0.2) is 4.79 Å². The number of rotatable bonds is 9. The summed E-state index contributed by atoms with van der Waals surface area (Å²) in [5, 5.41) is 2.55. The van der Waals surface area contributed by atoms with Crippen LogP contribution in [0.25, 0.3) is 6.08 Å². The molecule has 0 aromatic heterocycles. The molecule has 0 aliphatic rings. The third kappa shape index (κ3) is 8.68. The SMILES string of the molecule is CCN(CC)C(=O)c1ccc(NC(=O)COC(=O)/C=C/c2ccc(OC(F)(F)F)cc2)cc1. The van der Waals surface area contributed by atoms with Gasteiger partial charge >= 0.3 is 12.3 Å². The van der Waals surface area contributed by atoms with Crippen molar-refractivity contribution in [2.45, 2.75) is 20.2 Å². The molecule has 0 saturated heterocycles. The van der Waals surface area contributed by atoms with Crippen molar-refractivity contribution in [2.75, 3.05) is 25.0 Å². The molecule has 2 rings (SSSR count). The molecule has 10 heteroatoms. The van der Waals surface area contributed by atoms with Crippen LogP contribution in [0.3, 0.4) is 0 Å². The second kappa shape index (κ2) is 11.7. The summed E-state index contributed by atoms with van der Waals surface area (Å²) < 4.78 is 45.0. The Bertz CT molecular complexity index is 983. The molecule has 2 amide bonds. The Balaban J connectivity index is 1.81. The van der Waals surface area contributed by atoms with E-state index < -0.39 is 24.8 Å². The smallest absolute Gasteiger partial charge is 0.452 e. The van der Waals surface area contributed by atoms with Crippen LogP contribution < -0.4 is 10.1 Å². The van der Waals surface area contributed by atoms with Gasteiger partial charge in [-0.2, -0.15) is 0 Å². The third-order valence-corrected chi connectivity index (χ3v) is 4.34. The lowest BCUT2D eigenvalue weighted by molar-refractivity contribution is -0.274. The number of anilines is 1. The summed E-state index contributed by atoms with van der Waals surface area (Å²) in [5.41, 5.74) is 1.36. The second-order valence-electron chi connectivity index (χ2n) is 6.66. The van der Waals surface area contributed by atoms with E-state index in [1.165, 1.54) is 18.2 Å². The van der Waals surface area contributed by atoms with E-state index in [0.29, 0.717) is 29.9 Å². The first kappa shape index (κ1) is 25.4. The van der Waals surface area contributed by atoms with E-state index in [9.17, 15) is 27.6 Å². The van der Waals surface area contributed by atoms with Crippen molar-refractivity contribution in [1.29, 1.82) is 0 Å². The number of esters is 1. The zero-order valence-electron chi connectivity index (χ0n) is 18.0. The predicted molar refractivity (Wildman–Crippen MR) is 115 cm³/mol. The van der Waals surface area contributed by atoms with Gasteiger partial charge in [0.2, 0.25) is 0 Å².